The topological polar surface area (TPSA) is 90.1 Å². The van der Waals surface area contributed by atoms with Crippen molar-refractivity contribution in [2.75, 3.05) is 5.32 Å². The summed E-state index contributed by atoms with van der Waals surface area (Å²) in [4.78, 5) is 24.7. The van der Waals surface area contributed by atoms with Crippen molar-refractivity contribution in [1.29, 1.82) is 0 Å². The van der Waals surface area contributed by atoms with Gasteiger partial charge in [-0.2, -0.15) is 5.10 Å². The summed E-state index contributed by atoms with van der Waals surface area (Å²) in [7, 11) is 1.71. The SMILES string of the molecule is Cc1ccc(Sc2cc(NC(=O)c3cnn(C)c3)cc([N+](=O)[O-])c2)cc1. The van der Waals surface area contributed by atoms with Crippen LogP contribution in [-0.2, 0) is 7.05 Å². The van der Waals surface area contributed by atoms with Crippen LogP contribution in [0.4, 0.5) is 11.4 Å². The highest BCUT2D eigenvalue weighted by molar-refractivity contribution is 7.99. The summed E-state index contributed by atoms with van der Waals surface area (Å²) in [6, 6.07) is 12.4. The van der Waals surface area contributed by atoms with Gasteiger partial charge in [0.05, 0.1) is 16.7 Å². The van der Waals surface area contributed by atoms with Gasteiger partial charge in [-0.3, -0.25) is 19.6 Å². The summed E-state index contributed by atoms with van der Waals surface area (Å²) in [6.45, 7) is 1.99. The minimum absolute atomic E-state index is 0.0800. The molecule has 0 saturated carbocycles. The largest absolute Gasteiger partial charge is 0.322 e. The molecule has 3 aromatic rings. The predicted octanol–water partition coefficient (Wildman–Crippen LogP) is 4.04. The molecule has 1 aromatic heterocycles. The lowest BCUT2D eigenvalue weighted by atomic mass is 10.2. The fraction of sp³-hybridized carbons (Fsp3) is 0.111. The molecule has 1 heterocycles. The van der Waals surface area contributed by atoms with Crippen LogP contribution in [0.5, 0.6) is 0 Å². The number of nitro groups is 1. The average molecular weight is 368 g/mol. The molecule has 26 heavy (non-hydrogen) atoms. The summed E-state index contributed by atoms with van der Waals surface area (Å²) >= 11 is 1.40. The summed E-state index contributed by atoms with van der Waals surface area (Å²) in [6.07, 6.45) is 3.02. The number of non-ortho nitro benzene ring substituents is 1. The van der Waals surface area contributed by atoms with E-state index >= 15 is 0 Å². The Morgan fingerprint density at radius 3 is 2.54 bits per heavy atom. The quantitative estimate of drug-likeness (QED) is 0.542. The maximum Gasteiger partial charge on any atom is 0.272 e. The molecule has 0 atom stereocenters. The zero-order valence-corrected chi connectivity index (χ0v) is 15.0. The Labute approximate surface area is 154 Å². The number of nitro benzene ring substituents is 1. The standard InChI is InChI=1S/C18H16N4O3S/c1-12-3-5-16(6-4-12)26-17-8-14(7-15(9-17)22(24)25)20-18(23)13-10-19-21(2)11-13/h3-11H,1-2H3,(H,20,23). The molecule has 0 spiro atoms. The first-order valence-corrected chi connectivity index (χ1v) is 8.56. The molecular weight excluding hydrogens is 352 g/mol. The summed E-state index contributed by atoms with van der Waals surface area (Å²) in [5.41, 5.74) is 1.80. The lowest BCUT2D eigenvalue weighted by Crippen LogP contribution is -2.11. The highest BCUT2D eigenvalue weighted by Crippen LogP contribution is 2.33. The number of nitrogens with one attached hydrogen (secondary N) is 1. The summed E-state index contributed by atoms with van der Waals surface area (Å²) in [5, 5.41) is 17.9. The van der Waals surface area contributed by atoms with Gasteiger partial charge in [-0.15, -0.1) is 0 Å². The number of carbonyl (C=O) groups is 1. The number of rotatable bonds is 5. The van der Waals surface area contributed by atoms with Gasteiger partial charge in [0.2, 0.25) is 0 Å². The van der Waals surface area contributed by atoms with Crippen molar-refractivity contribution in [1.82, 2.24) is 9.78 Å². The molecule has 2 aromatic carbocycles. The minimum atomic E-state index is -0.473. The Kier molecular flexibility index (Phi) is 5.04. The first-order valence-electron chi connectivity index (χ1n) is 7.75. The highest BCUT2D eigenvalue weighted by atomic mass is 32.2. The normalized spacial score (nSPS) is 10.5. The van der Waals surface area contributed by atoms with E-state index in [0.29, 0.717) is 16.1 Å². The van der Waals surface area contributed by atoms with Crippen molar-refractivity contribution in [3.8, 4) is 0 Å². The fourth-order valence-corrected chi connectivity index (χ4v) is 3.21. The van der Waals surface area contributed by atoms with E-state index in [0.717, 1.165) is 10.5 Å². The molecule has 1 N–H and O–H groups in total. The molecule has 0 unspecified atom stereocenters. The minimum Gasteiger partial charge on any atom is -0.322 e. The van der Waals surface area contributed by atoms with Gasteiger partial charge in [0.15, 0.2) is 0 Å². The number of aromatic nitrogens is 2. The van der Waals surface area contributed by atoms with Crippen LogP contribution in [0.2, 0.25) is 0 Å². The maximum absolute atomic E-state index is 12.3. The van der Waals surface area contributed by atoms with Gasteiger partial charge in [0, 0.05) is 40.9 Å². The maximum atomic E-state index is 12.3. The smallest absolute Gasteiger partial charge is 0.272 e. The molecular formula is C18H16N4O3S. The van der Waals surface area contributed by atoms with E-state index in [4.69, 9.17) is 0 Å². The molecule has 0 bridgehead atoms. The second-order valence-electron chi connectivity index (χ2n) is 5.74. The van der Waals surface area contributed by atoms with E-state index in [1.807, 2.05) is 31.2 Å². The average Bonchev–Trinajstić information content (AvgIpc) is 3.03. The van der Waals surface area contributed by atoms with Crippen LogP contribution in [0.3, 0.4) is 0 Å². The van der Waals surface area contributed by atoms with E-state index in [-0.39, 0.29) is 11.6 Å². The van der Waals surface area contributed by atoms with E-state index in [2.05, 4.69) is 10.4 Å². The zero-order chi connectivity index (χ0) is 18.7. The van der Waals surface area contributed by atoms with Crippen molar-refractivity contribution >= 4 is 29.0 Å². The molecule has 1 amide bonds. The lowest BCUT2D eigenvalue weighted by Gasteiger charge is -2.07. The summed E-state index contributed by atoms with van der Waals surface area (Å²) < 4.78 is 1.51. The van der Waals surface area contributed by atoms with Crippen LogP contribution in [0, 0.1) is 17.0 Å². The van der Waals surface area contributed by atoms with Gasteiger partial charge in [0.25, 0.3) is 11.6 Å². The van der Waals surface area contributed by atoms with E-state index < -0.39 is 4.92 Å². The first kappa shape index (κ1) is 17.7. The Morgan fingerprint density at radius 2 is 1.92 bits per heavy atom. The number of hydrogen-bond acceptors (Lipinski definition) is 5. The molecule has 0 radical (unpaired) electrons. The van der Waals surface area contributed by atoms with Crippen molar-refractivity contribution < 1.29 is 9.72 Å². The van der Waals surface area contributed by atoms with Crippen molar-refractivity contribution in [3.63, 3.8) is 0 Å². The number of hydrogen-bond donors (Lipinski definition) is 1. The van der Waals surface area contributed by atoms with E-state index in [9.17, 15) is 14.9 Å². The van der Waals surface area contributed by atoms with Crippen LogP contribution < -0.4 is 5.32 Å². The van der Waals surface area contributed by atoms with Crippen LogP contribution >= 0.6 is 11.8 Å². The number of anilines is 1. The van der Waals surface area contributed by atoms with Gasteiger partial charge in [-0.25, -0.2) is 0 Å². The monoisotopic (exact) mass is 368 g/mol. The third-order valence-electron chi connectivity index (χ3n) is 3.58. The highest BCUT2D eigenvalue weighted by Gasteiger charge is 2.14. The lowest BCUT2D eigenvalue weighted by molar-refractivity contribution is -0.385. The van der Waals surface area contributed by atoms with Crippen LogP contribution in [0.1, 0.15) is 15.9 Å². The Morgan fingerprint density at radius 1 is 1.19 bits per heavy atom. The molecule has 0 aliphatic carbocycles. The Hall–Kier alpha value is -3.13. The van der Waals surface area contributed by atoms with E-state index in [1.54, 1.807) is 19.3 Å². The Balaban J connectivity index is 1.87. The molecule has 7 nitrogen and oxygen atoms in total. The molecule has 3 rings (SSSR count). The van der Waals surface area contributed by atoms with Crippen molar-refractivity contribution in [2.24, 2.45) is 7.05 Å². The number of aryl methyl sites for hydroxylation is 2. The molecule has 0 fully saturated rings. The number of nitrogens with zero attached hydrogens (tertiary/aromatic N) is 3. The number of benzene rings is 2. The van der Waals surface area contributed by atoms with Crippen molar-refractivity contribution in [2.45, 2.75) is 16.7 Å². The van der Waals surface area contributed by atoms with Gasteiger partial charge in [-0.05, 0) is 25.1 Å². The predicted molar refractivity (Wildman–Crippen MR) is 99.6 cm³/mol. The third-order valence-corrected chi connectivity index (χ3v) is 4.56. The molecule has 8 heteroatoms. The summed E-state index contributed by atoms with van der Waals surface area (Å²) in [5.74, 6) is -0.370. The second kappa shape index (κ2) is 7.40. The third kappa shape index (κ3) is 4.28. The zero-order valence-electron chi connectivity index (χ0n) is 14.2. The van der Waals surface area contributed by atoms with E-state index in [1.165, 1.54) is 34.8 Å². The molecule has 0 aliphatic rings. The number of carbonyl (C=O) groups excluding carboxylic acids is 1. The van der Waals surface area contributed by atoms with Crippen molar-refractivity contribution in [3.05, 3.63) is 76.1 Å². The molecule has 0 saturated heterocycles. The van der Waals surface area contributed by atoms with Crippen LogP contribution in [0.15, 0.2) is 64.6 Å². The van der Waals surface area contributed by atoms with Gasteiger partial charge in [-0.1, -0.05) is 29.5 Å². The van der Waals surface area contributed by atoms with Crippen LogP contribution in [0.25, 0.3) is 0 Å². The number of amides is 1. The van der Waals surface area contributed by atoms with Crippen LogP contribution in [-0.4, -0.2) is 20.6 Å². The van der Waals surface area contributed by atoms with Gasteiger partial charge >= 0.3 is 0 Å². The Bertz CT molecular complexity index is 967. The van der Waals surface area contributed by atoms with Gasteiger partial charge in [0.1, 0.15) is 0 Å². The second-order valence-corrected chi connectivity index (χ2v) is 6.89. The fourth-order valence-electron chi connectivity index (χ4n) is 2.30. The van der Waals surface area contributed by atoms with Gasteiger partial charge < -0.3 is 5.32 Å². The molecule has 132 valence electrons. The molecule has 0 aliphatic heterocycles. The first-order chi connectivity index (χ1) is 12.4.